The maximum atomic E-state index is 12.6. The Bertz CT molecular complexity index is 875. The van der Waals surface area contributed by atoms with Gasteiger partial charge < -0.3 is 4.57 Å². The number of halogens is 2. The number of benzene rings is 2. The summed E-state index contributed by atoms with van der Waals surface area (Å²) in [4.78, 5) is 17.1. The number of aromatic nitrogens is 2. The van der Waals surface area contributed by atoms with E-state index in [1.807, 2.05) is 34.9 Å². The van der Waals surface area contributed by atoms with Gasteiger partial charge in [-0.05, 0) is 59.3 Å². The number of hydrogen-bond acceptors (Lipinski definition) is 2. The fraction of sp³-hybridized carbons (Fsp3) is 0.176. The molecule has 0 aliphatic carbocycles. The van der Waals surface area contributed by atoms with Gasteiger partial charge in [0.25, 0.3) is 5.91 Å². The highest BCUT2D eigenvalue weighted by Gasteiger charge is 2.16. The third-order valence-electron chi connectivity index (χ3n) is 3.50. The van der Waals surface area contributed by atoms with E-state index in [0.29, 0.717) is 16.5 Å². The first-order valence-corrected chi connectivity index (χ1v) is 8.77. The van der Waals surface area contributed by atoms with Crippen LogP contribution < -0.4 is 5.32 Å². The van der Waals surface area contributed by atoms with Crippen molar-refractivity contribution in [3.63, 3.8) is 0 Å². The second-order valence-corrected chi connectivity index (χ2v) is 6.75. The van der Waals surface area contributed by atoms with Crippen molar-refractivity contribution in [2.45, 2.75) is 19.9 Å². The van der Waals surface area contributed by atoms with Crippen LogP contribution in [0, 0.1) is 3.57 Å². The van der Waals surface area contributed by atoms with E-state index in [0.717, 1.165) is 27.6 Å². The summed E-state index contributed by atoms with van der Waals surface area (Å²) in [5.41, 5.74) is 2.44. The van der Waals surface area contributed by atoms with Gasteiger partial charge in [-0.1, -0.05) is 30.7 Å². The summed E-state index contributed by atoms with van der Waals surface area (Å²) in [6, 6.07) is 13.1. The number of carbonyl (C=O) groups is 1. The highest BCUT2D eigenvalue weighted by Crippen LogP contribution is 2.22. The highest BCUT2D eigenvalue weighted by molar-refractivity contribution is 14.1. The fourth-order valence-corrected chi connectivity index (χ4v) is 3.21. The first-order chi connectivity index (χ1) is 11.1. The molecule has 0 saturated carbocycles. The summed E-state index contributed by atoms with van der Waals surface area (Å²) in [7, 11) is 0. The van der Waals surface area contributed by atoms with Crippen molar-refractivity contribution in [1.29, 1.82) is 0 Å². The largest absolute Gasteiger partial charge is 0.310 e. The molecule has 4 nitrogen and oxygen atoms in total. The average molecular weight is 440 g/mol. The summed E-state index contributed by atoms with van der Waals surface area (Å²) in [5, 5.41) is 3.46. The minimum absolute atomic E-state index is 0.204. The molecule has 0 unspecified atom stereocenters. The van der Waals surface area contributed by atoms with Crippen LogP contribution in [0.15, 0.2) is 42.5 Å². The molecule has 0 atom stereocenters. The topological polar surface area (TPSA) is 46.9 Å². The zero-order chi connectivity index (χ0) is 16.4. The SMILES string of the molecule is CCCn1c(NC(=O)c2cc(Cl)ccc2I)nc2ccccc21. The molecule has 0 radical (unpaired) electrons. The quantitative estimate of drug-likeness (QED) is 0.584. The molecule has 118 valence electrons. The zero-order valence-corrected chi connectivity index (χ0v) is 15.4. The molecule has 0 fully saturated rings. The Hall–Kier alpha value is -1.60. The first kappa shape index (κ1) is 16.3. The summed E-state index contributed by atoms with van der Waals surface area (Å²) in [5.74, 6) is 0.360. The van der Waals surface area contributed by atoms with E-state index in [9.17, 15) is 4.79 Å². The molecule has 23 heavy (non-hydrogen) atoms. The number of hydrogen-bond donors (Lipinski definition) is 1. The smallest absolute Gasteiger partial charge is 0.259 e. The minimum Gasteiger partial charge on any atom is -0.310 e. The number of imidazole rings is 1. The molecule has 1 heterocycles. The molecule has 6 heteroatoms. The van der Waals surface area contributed by atoms with Crippen molar-refractivity contribution in [1.82, 2.24) is 9.55 Å². The number of fused-ring (bicyclic) bond motifs is 1. The molecule has 1 amide bonds. The van der Waals surface area contributed by atoms with E-state index < -0.39 is 0 Å². The lowest BCUT2D eigenvalue weighted by Gasteiger charge is -2.10. The van der Waals surface area contributed by atoms with Crippen molar-refractivity contribution in [2.75, 3.05) is 5.32 Å². The second-order valence-electron chi connectivity index (χ2n) is 5.15. The molecule has 0 aliphatic rings. The Kier molecular flexibility index (Phi) is 4.87. The predicted molar refractivity (Wildman–Crippen MR) is 102 cm³/mol. The van der Waals surface area contributed by atoms with Gasteiger partial charge in [-0.25, -0.2) is 4.98 Å². The van der Waals surface area contributed by atoms with Crippen molar-refractivity contribution in [2.24, 2.45) is 0 Å². The Morgan fingerprint density at radius 3 is 2.87 bits per heavy atom. The number of nitrogens with zero attached hydrogens (tertiary/aromatic N) is 2. The van der Waals surface area contributed by atoms with Crippen LogP contribution in [0.5, 0.6) is 0 Å². The Balaban J connectivity index is 1.99. The second kappa shape index (κ2) is 6.88. The monoisotopic (exact) mass is 439 g/mol. The van der Waals surface area contributed by atoms with Gasteiger partial charge in [0.05, 0.1) is 16.6 Å². The molecule has 3 rings (SSSR count). The normalized spacial score (nSPS) is 10.9. The standard InChI is InChI=1S/C17H15ClIN3O/c1-2-9-22-15-6-4-3-5-14(15)20-17(22)21-16(23)12-10-11(18)7-8-13(12)19/h3-8,10H,2,9H2,1H3,(H,20,21,23). The number of anilines is 1. The lowest BCUT2D eigenvalue weighted by atomic mass is 10.2. The lowest BCUT2D eigenvalue weighted by Crippen LogP contribution is -2.17. The van der Waals surface area contributed by atoms with Crippen molar-refractivity contribution in [3.05, 3.63) is 56.6 Å². The number of carbonyl (C=O) groups excluding carboxylic acids is 1. The van der Waals surface area contributed by atoms with E-state index in [1.54, 1.807) is 12.1 Å². The van der Waals surface area contributed by atoms with Gasteiger partial charge in [-0.3, -0.25) is 10.1 Å². The molecule has 3 aromatic rings. The van der Waals surface area contributed by atoms with Crippen LogP contribution in [-0.4, -0.2) is 15.5 Å². The Labute approximate surface area is 153 Å². The number of rotatable bonds is 4. The van der Waals surface area contributed by atoms with E-state index in [2.05, 4.69) is 39.8 Å². The van der Waals surface area contributed by atoms with Gasteiger partial charge in [0.2, 0.25) is 5.95 Å². The predicted octanol–water partition coefficient (Wildman–Crippen LogP) is 4.96. The summed E-state index contributed by atoms with van der Waals surface area (Å²) < 4.78 is 2.88. The maximum Gasteiger partial charge on any atom is 0.259 e. The van der Waals surface area contributed by atoms with Crippen LogP contribution >= 0.6 is 34.2 Å². The van der Waals surface area contributed by atoms with Crippen LogP contribution in [0.3, 0.4) is 0 Å². The summed E-state index contributed by atoms with van der Waals surface area (Å²) >= 11 is 8.13. The van der Waals surface area contributed by atoms with E-state index in [4.69, 9.17) is 11.6 Å². The molecule has 1 N–H and O–H groups in total. The van der Waals surface area contributed by atoms with Crippen LogP contribution in [0.4, 0.5) is 5.95 Å². The van der Waals surface area contributed by atoms with Crippen molar-refractivity contribution >= 4 is 57.1 Å². The van der Waals surface area contributed by atoms with Crippen molar-refractivity contribution < 1.29 is 4.79 Å². The Morgan fingerprint density at radius 1 is 1.30 bits per heavy atom. The van der Waals surface area contributed by atoms with Crippen LogP contribution in [0.25, 0.3) is 11.0 Å². The number of nitrogens with one attached hydrogen (secondary N) is 1. The van der Waals surface area contributed by atoms with Crippen LogP contribution in [-0.2, 0) is 6.54 Å². The molecule has 0 saturated heterocycles. The first-order valence-electron chi connectivity index (χ1n) is 7.32. The van der Waals surface area contributed by atoms with Crippen molar-refractivity contribution in [3.8, 4) is 0 Å². The molecule has 0 aliphatic heterocycles. The van der Waals surface area contributed by atoms with E-state index in [1.165, 1.54) is 0 Å². The van der Waals surface area contributed by atoms with Gasteiger partial charge in [-0.15, -0.1) is 0 Å². The third-order valence-corrected chi connectivity index (χ3v) is 4.68. The van der Waals surface area contributed by atoms with E-state index in [-0.39, 0.29) is 5.91 Å². The van der Waals surface area contributed by atoms with Gasteiger partial charge in [-0.2, -0.15) is 0 Å². The molecule has 1 aromatic heterocycles. The van der Waals surface area contributed by atoms with Gasteiger partial charge in [0.15, 0.2) is 0 Å². The molecule has 0 bridgehead atoms. The number of para-hydroxylation sites is 2. The lowest BCUT2D eigenvalue weighted by molar-refractivity contribution is 0.102. The minimum atomic E-state index is -0.204. The molecule has 0 spiro atoms. The van der Waals surface area contributed by atoms with Gasteiger partial charge in [0, 0.05) is 15.1 Å². The highest BCUT2D eigenvalue weighted by atomic mass is 127. The van der Waals surface area contributed by atoms with Gasteiger partial charge in [0.1, 0.15) is 0 Å². The number of aryl methyl sites for hydroxylation is 1. The summed E-state index contributed by atoms with van der Waals surface area (Å²) in [6.07, 6.45) is 0.956. The molecular weight excluding hydrogens is 425 g/mol. The molecule has 2 aromatic carbocycles. The average Bonchev–Trinajstić information content (AvgIpc) is 2.88. The van der Waals surface area contributed by atoms with E-state index >= 15 is 0 Å². The van der Waals surface area contributed by atoms with Crippen LogP contribution in [0.2, 0.25) is 5.02 Å². The number of amides is 1. The summed E-state index contributed by atoms with van der Waals surface area (Å²) in [6.45, 7) is 2.89. The zero-order valence-electron chi connectivity index (χ0n) is 12.5. The maximum absolute atomic E-state index is 12.6. The van der Waals surface area contributed by atoms with Crippen LogP contribution in [0.1, 0.15) is 23.7 Å². The Morgan fingerprint density at radius 2 is 2.09 bits per heavy atom. The third kappa shape index (κ3) is 3.35. The fourth-order valence-electron chi connectivity index (χ4n) is 2.46. The molecular formula is C17H15ClIN3O. The van der Waals surface area contributed by atoms with Gasteiger partial charge >= 0.3 is 0 Å².